The summed E-state index contributed by atoms with van der Waals surface area (Å²) in [5, 5.41) is 9.70. The zero-order valence-electron chi connectivity index (χ0n) is 12.0. The zero-order valence-corrected chi connectivity index (χ0v) is 12.0. The summed E-state index contributed by atoms with van der Waals surface area (Å²) < 4.78 is 5.20. The van der Waals surface area contributed by atoms with Crippen LogP contribution in [0.5, 0.6) is 0 Å². The molecule has 0 aromatic carbocycles. The van der Waals surface area contributed by atoms with E-state index >= 15 is 0 Å². The number of anilines is 1. The zero-order chi connectivity index (χ0) is 13.8. The van der Waals surface area contributed by atoms with E-state index in [-0.39, 0.29) is 0 Å². The van der Waals surface area contributed by atoms with Crippen molar-refractivity contribution in [2.75, 3.05) is 25.2 Å². The Morgan fingerprint density at radius 2 is 2.21 bits per heavy atom. The van der Waals surface area contributed by atoms with Crippen molar-refractivity contribution >= 4 is 5.82 Å². The Hall–Kier alpha value is -1.13. The molecule has 1 saturated carbocycles. The van der Waals surface area contributed by atoms with E-state index in [0.29, 0.717) is 12.6 Å². The van der Waals surface area contributed by atoms with Crippen LogP contribution in [0.4, 0.5) is 5.82 Å². The number of aromatic nitrogens is 1. The number of nitrogens with zero attached hydrogens (tertiary/aromatic N) is 2. The summed E-state index contributed by atoms with van der Waals surface area (Å²) >= 11 is 0. The minimum absolute atomic E-state index is 0.456. The fourth-order valence-corrected chi connectivity index (χ4v) is 2.40. The standard InChI is InChI=1S/C15H24N2O2/c1-11(13-4-5-13)17(8-9-19-3)15-10-14(12(2)18)6-7-16-15/h6-7,10-13,18H,4-5,8-9H2,1-3H3. The van der Waals surface area contributed by atoms with Crippen molar-refractivity contribution in [3.8, 4) is 0 Å². The van der Waals surface area contributed by atoms with Gasteiger partial charge in [0.25, 0.3) is 0 Å². The normalized spacial score (nSPS) is 18.1. The molecule has 1 aromatic rings. The van der Waals surface area contributed by atoms with Gasteiger partial charge in [0.1, 0.15) is 5.82 Å². The molecule has 2 unspecified atom stereocenters. The molecule has 1 aliphatic carbocycles. The minimum atomic E-state index is -0.456. The average Bonchev–Trinajstić information content (AvgIpc) is 3.23. The highest BCUT2D eigenvalue weighted by atomic mass is 16.5. The smallest absolute Gasteiger partial charge is 0.129 e. The van der Waals surface area contributed by atoms with Crippen molar-refractivity contribution < 1.29 is 9.84 Å². The summed E-state index contributed by atoms with van der Waals surface area (Å²) in [7, 11) is 1.72. The monoisotopic (exact) mass is 264 g/mol. The first-order valence-corrected chi connectivity index (χ1v) is 7.03. The lowest BCUT2D eigenvalue weighted by Crippen LogP contribution is -2.38. The lowest BCUT2D eigenvalue weighted by atomic mass is 10.1. The van der Waals surface area contributed by atoms with Gasteiger partial charge in [0.05, 0.1) is 12.7 Å². The predicted molar refractivity (Wildman–Crippen MR) is 76.3 cm³/mol. The van der Waals surface area contributed by atoms with Crippen LogP contribution < -0.4 is 4.90 Å². The van der Waals surface area contributed by atoms with Gasteiger partial charge in [-0.25, -0.2) is 4.98 Å². The molecule has 0 radical (unpaired) electrons. The Labute approximate surface area is 115 Å². The van der Waals surface area contributed by atoms with Crippen LogP contribution in [0.15, 0.2) is 18.3 Å². The molecule has 4 nitrogen and oxygen atoms in total. The molecule has 0 spiro atoms. The molecule has 1 aliphatic rings. The third-order valence-corrected chi connectivity index (χ3v) is 3.88. The first-order valence-electron chi connectivity index (χ1n) is 7.03. The predicted octanol–water partition coefficient (Wildman–Crippen LogP) is 2.39. The molecule has 0 bridgehead atoms. The molecule has 1 heterocycles. The molecule has 2 atom stereocenters. The fourth-order valence-electron chi connectivity index (χ4n) is 2.40. The third-order valence-electron chi connectivity index (χ3n) is 3.88. The SMILES string of the molecule is COCCN(c1cc(C(C)O)ccn1)C(C)C1CC1. The highest BCUT2D eigenvalue weighted by Gasteiger charge is 2.32. The number of pyridine rings is 1. The van der Waals surface area contributed by atoms with E-state index in [9.17, 15) is 5.11 Å². The van der Waals surface area contributed by atoms with E-state index in [2.05, 4.69) is 16.8 Å². The van der Waals surface area contributed by atoms with E-state index in [1.54, 1.807) is 20.2 Å². The van der Waals surface area contributed by atoms with E-state index in [1.807, 2.05) is 12.1 Å². The highest BCUT2D eigenvalue weighted by Crippen LogP contribution is 2.36. The molecule has 0 aliphatic heterocycles. The first kappa shape index (κ1) is 14.3. The molecule has 1 fully saturated rings. The van der Waals surface area contributed by atoms with E-state index in [1.165, 1.54) is 12.8 Å². The van der Waals surface area contributed by atoms with Gasteiger partial charge >= 0.3 is 0 Å². The number of methoxy groups -OCH3 is 1. The number of hydrogen-bond donors (Lipinski definition) is 1. The second-order valence-electron chi connectivity index (χ2n) is 5.39. The molecule has 19 heavy (non-hydrogen) atoms. The highest BCUT2D eigenvalue weighted by molar-refractivity contribution is 5.43. The largest absolute Gasteiger partial charge is 0.389 e. The Bertz CT molecular complexity index is 405. The van der Waals surface area contributed by atoms with Gasteiger partial charge in [0, 0.05) is 25.9 Å². The van der Waals surface area contributed by atoms with E-state index in [0.717, 1.165) is 23.8 Å². The van der Waals surface area contributed by atoms with Crippen LogP contribution in [0.1, 0.15) is 38.4 Å². The van der Waals surface area contributed by atoms with Crippen molar-refractivity contribution in [2.45, 2.75) is 38.8 Å². The van der Waals surface area contributed by atoms with Crippen LogP contribution in [-0.4, -0.2) is 36.4 Å². The number of aliphatic hydroxyl groups excluding tert-OH is 1. The molecule has 1 N–H and O–H groups in total. The molecular formula is C15H24N2O2. The Kier molecular flexibility index (Phi) is 4.77. The third kappa shape index (κ3) is 3.67. The Balaban J connectivity index is 2.18. The van der Waals surface area contributed by atoms with Gasteiger partial charge < -0.3 is 14.7 Å². The van der Waals surface area contributed by atoms with E-state index < -0.39 is 6.10 Å². The fraction of sp³-hybridized carbons (Fsp3) is 0.667. The number of rotatable bonds is 7. The van der Waals surface area contributed by atoms with Gasteiger partial charge in [0.15, 0.2) is 0 Å². The van der Waals surface area contributed by atoms with Crippen LogP contribution in [0, 0.1) is 5.92 Å². The molecule has 2 rings (SSSR count). The van der Waals surface area contributed by atoms with Gasteiger partial charge in [-0.05, 0) is 50.3 Å². The molecule has 4 heteroatoms. The van der Waals surface area contributed by atoms with Crippen LogP contribution in [-0.2, 0) is 4.74 Å². The average molecular weight is 264 g/mol. The summed E-state index contributed by atoms with van der Waals surface area (Å²) in [5.41, 5.74) is 0.912. The summed E-state index contributed by atoms with van der Waals surface area (Å²) in [6.45, 7) is 5.56. The van der Waals surface area contributed by atoms with Crippen molar-refractivity contribution in [3.05, 3.63) is 23.9 Å². The Morgan fingerprint density at radius 3 is 2.79 bits per heavy atom. The number of aliphatic hydroxyl groups is 1. The molecule has 1 aromatic heterocycles. The quantitative estimate of drug-likeness (QED) is 0.821. The van der Waals surface area contributed by atoms with Crippen LogP contribution >= 0.6 is 0 Å². The van der Waals surface area contributed by atoms with Gasteiger partial charge in [-0.1, -0.05) is 0 Å². The van der Waals surface area contributed by atoms with Crippen molar-refractivity contribution in [1.29, 1.82) is 0 Å². The van der Waals surface area contributed by atoms with Crippen LogP contribution in [0.25, 0.3) is 0 Å². The second-order valence-corrected chi connectivity index (χ2v) is 5.39. The number of ether oxygens (including phenoxy) is 1. The van der Waals surface area contributed by atoms with Crippen LogP contribution in [0.2, 0.25) is 0 Å². The minimum Gasteiger partial charge on any atom is -0.389 e. The van der Waals surface area contributed by atoms with Gasteiger partial charge in [-0.3, -0.25) is 0 Å². The maximum Gasteiger partial charge on any atom is 0.129 e. The molecular weight excluding hydrogens is 240 g/mol. The van der Waals surface area contributed by atoms with Gasteiger partial charge in [-0.15, -0.1) is 0 Å². The summed E-state index contributed by atoms with van der Waals surface area (Å²) in [6, 6.07) is 4.33. The van der Waals surface area contributed by atoms with Gasteiger partial charge in [0.2, 0.25) is 0 Å². The lowest BCUT2D eigenvalue weighted by Gasteiger charge is -2.30. The lowest BCUT2D eigenvalue weighted by molar-refractivity contribution is 0.198. The molecule has 106 valence electrons. The van der Waals surface area contributed by atoms with Crippen molar-refractivity contribution in [2.24, 2.45) is 5.92 Å². The first-order chi connectivity index (χ1) is 9.13. The number of hydrogen-bond acceptors (Lipinski definition) is 4. The Morgan fingerprint density at radius 1 is 1.47 bits per heavy atom. The van der Waals surface area contributed by atoms with Crippen molar-refractivity contribution in [1.82, 2.24) is 4.98 Å². The summed E-state index contributed by atoms with van der Waals surface area (Å²) in [5.74, 6) is 1.71. The maximum atomic E-state index is 9.70. The summed E-state index contributed by atoms with van der Waals surface area (Å²) in [4.78, 5) is 6.76. The van der Waals surface area contributed by atoms with Crippen LogP contribution in [0.3, 0.4) is 0 Å². The molecule has 0 saturated heterocycles. The van der Waals surface area contributed by atoms with Crippen molar-refractivity contribution in [3.63, 3.8) is 0 Å². The van der Waals surface area contributed by atoms with Gasteiger partial charge in [-0.2, -0.15) is 0 Å². The maximum absolute atomic E-state index is 9.70. The van der Waals surface area contributed by atoms with E-state index in [4.69, 9.17) is 4.74 Å². The summed E-state index contributed by atoms with van der Waals surface area (Å²) in [6.07, 6.45) is 3.93. The molecule has 0 amide bonds. The second kappa shape index (κ2) is 6.35. The topological polar surface area (TPSA) is 45.6 Å².